The number of fused-ring (bicyclic) bond motifs is 1. The molecule has 0 aliphatic carbocycles. The minimum atomic E-state index is -0.524. The predicted molar refractivity (Wildman–Crippen MR) is 114 cm³/mol. The maximum atomic E-state index is 12.5. The van der Waals surface area contributed by atoms with Crippen molar-refractivity contribution in [2.24, 2.45) is 0 Å². The summed E-state index contributed by atoms with van der Waals surface area (Å²) in [5.74, 6) is 0. The number of halogens is 1. The van der Waals surface area contributed by atoms with E-state index in [-0.39, 0.29) is 6.09 Å². The van der Waals surface area contributed by atoms with Crippen molar-refractivity contribution >= 4 is 17.7 Å². The van der Waals surface area contributed by atoms with Gasteiger partial charge in [-0.05, 0) is 38.5 Å². The summed E-state index contributed by atoms with van der Waals surface area (Å²) in [5, 5.41) is 5.54. The molecule has 2 aromatic carbocycles. The van der Waals surface area contributed by atoms with Crippen LogP contribution in [-0.2, 0) is 24.4 Å². The van der Waals surface area contributed by atoms with Gasteiger partial charge in [0.15, 0.2) is 0 Å². The first kappa shape index (κ1) is 19.5. The van der Waals surface area contributed by atoms with Crippen LogP contribution in [0.3, 0.4) is 0 Å². The molecule has 2 heterocycles. The molecule has 0 atom stereocenters. The van der Waals surface area contributed by atoms with Crippen molar-refractivity contribution in [2.45, 2.75) is 46.0 Å². The van der Waals surface area contributed by atoms with Gasteiger partial charge in [-0.15, -0.1) is 0 Å². The summed E-state index contributed by atoms with van der Waals surface area (Å²) in [6.07, 6.45) is -0.313. The van der Waals surface area contributed by atoms with Crippen LogP contribution < -0.4 is 0 Å². The number of carbonyl (C=O) groups is 1. The van der Waals surface area contributed by atoms with Crippen LogP contribution in [0.5, 0.6) is 0 Å². The lowest BCUT2D eigenvalue weighted by atomic mass is 10.1. The summed E-state index contributed by atoms with van der Waals surface area (Å²) < 4.78 is 7.57. The zero-order valence-corrected chi connectivity index (χ0v) is 17.6. The maximum Gasteiger partial charge on any atom is 0.410 e. The molecule has 0 saturated carbocycles. The predicted octanol–water partition coefficient (Wildman–Crippen LogP) is 5.50. The molecule has 0 spiro atoms. The van der Waals surface area contributed by atoms with E-state index in [9.17, 15) is 4.79 Å². The fourth-order valence-electron chi connectivity index (χ4n) is 3.53. The minimum absolute atomic E-state index is 0.313. The molecule has 0 fully saturated rings. The minimum Gasteiger partial charge on any atom is -0.444 e. The van der Waals surface area contributed by atoms with Crippen LogP contribution in [0.2, 0.25) is 5.02 Å². The van der Waals surface area contributed by atoms with Gasteiger partial charge in [-0.2, -0.15) is 5.10 Å². The molecule has 29 heavy (non-hydrogen) atoms. The lowest BCUT2D eigenvalue weighted by molar-refractivity contribution is 0.0239. The van der Waals surface area contributed by atoms with E-state index in [1.807, 2.05) is 67.9 Å². The lowest BCUT2D eigenvalue weighted by Crippen LogP contribution is -2.33. The molecule has 0 N–H and O–H groups in total. The summed E-state index contributed by atoms with van der Waals surface area (Å²) in [7, 11) is 0. The van der Waals surface area contributed by atoms with Gasteiger partial charge < -0.3 is 4.74 Å². The van der Waals surface area contributed by atoms with Gasteiger partial charge in [0, 0.05) is 16.1 Å². The number of aromatic nitrogens is 2. The number of benzene rings is 2. The normalized spacial score (nSPS) is 13.4. The molecule has 150 valence electrons. The molecule has 5 nitrogen and oxygen atoms in total. The summed E-state index contributed by atoms with van der Waals surface area (Å²) >= 11 is 6.09. The highest BCUT2D eigenvalue weighted by atomic mass is 35.5. The second kappa shape index (κ2) is 7.56. The Labute approximate surface area is 175 Å². The number of hydrogen-bond acceptors (Lipinski definition) is 3. The van der Waals surface area contributed by atoms with Crippen molar-refractivity contribution in [3.8, 4) is 11.3 Å². The molecule has 0 saturated heterocycles. The molecule has 4 rings (SSSR count). The Morgan fingerprint density at radius 2 is 1.76 bits per heavy atom. The van der Waals surface area contributed by atoms with Gasteiger partial charge >= 0.3 is 6.09 Å². The van der Waals surface area contributed by atoms with Crippen LogP contribution in [0.4, 0.5) is 4.79 Å². The standard InChI is InChI=1S/C23H24ClN3O2/c1-23(2,3)29-22(28)26-14-19-20(15-26)25-27(13-16-7-5-4-6-8-16)21(19)17-9-11-18(24)12-10-17/h4-12H,13-15H2,1-3H3. The quantitative estimate of drug-likeness (QED) is 0.573. The fraction of sp³-hybridized carbons (Fsp3) is 0.304. The van der Waals surface area contributed by atoms with Gasteiger partial charge in [0.2, 0.25) is 0 Å². The second-order valence-electron chi connectivity index (χ2n) is 8.26. The Balaban J connectivity index is 1.68. The molecule has 1 aliphatic heterocycles. The van der Waals surface area contributed by atoms with Gasteiger partial charge in [-0.1, -0.05) is 54.1 Å². The highest BCUT2D eigenvalue weighted by Crippen LogP contribution is 2.34. The van der Waals surface area contributed by atoms with E-state index in [4.69, 9.17) is 21.4 Å². The molecular weight excluding hydrogens is 386 g/mol. The van der Waals surface area contributed by atoms with Crippen LogP contribution >= 0.6 is 11.6 Å². The zero-order chi connectivity index (χ0) is 20.6. The largest absolute Gasteiger partial charge is 0.444 e. The zero-order valence-electron chi connectivity index (χ0n) is 16.9. The summed E-state index contributed by atoms with van der Waals surface area (Å²) in [5.41, 5.74) is 4.68. The molecule has 0 bridgehead atoms. The molecule has 0 radical (unpaired) electrons. The SMILES string of the molecule is CC(C)(C)OC(=O)N1Cc2nn(Cc3ccccc3)c(-c3ccc(Cl)cc3)c2C1. The topological polar surface area (TPSA) is 47.4 Å². The lowest BCUT2D eigenvalue weighted by Gasteiger charge is -2.24. The first-order valence-corrected chi connectivity index (χ1v) is 10.0. The molecule has 1 aromatic heterocycles. The molecule has 0 unspecified atom stereocenters. The number of hydrogen-bond donors (Lipinski definition) is 0. The van der Waals surface area contributed by atoms with Crippen molar-refractivity contribution in [3.05, 3.63) is 76.4 Å². The van der Waals surface area contributed by atoms with Gasteiger partial charge in [-0.3, -0.25) is 9.58 Å². The van der Waals surface area contributed by atoms with E-state index in [0.717, 1.165) is 22.5 Å². The van der Waals surface area contributed by atoms with Gasteiger partial charge in [0.1, 0.15) is 5.60 Å². The number of rotatable bonds is 3. The van der Waals surface area contributed by atoms with E-state index in [0.29, 0.717) is 24.7 Å². The Morgan fingerprint density at radius 1 is 1.07 bits per heavy atom. The first-order valence-electron chi connectivity index (χ1n) is 9.66. The Kier molecular flexibility index (Phi) is 5.09. The number of amides is 1. The van der Waals surface area contributed by atoms with Gasteiger partial charge in [-0.25, -0.2) is 4.79 Å². The summed E-state index contributed by atoms with van der Waals surface area (Å²) in [4.78, 5) is 14.3. The van der Waals surface area contributed by atoms with Gasteiger partial charge in [0.05, 0.1) is 31.0 Å². The van der Waals surface area contributed by atoms with E-state index < -0.39 is 5.60 Å². The molecule has 3 aromatic rings. The third-order valence-corrected chi connectivity index (χ3v) is 5.02. The Morgan fingerprint density at radius 3 is 2.41 bits per heavy atom. The molecule has 1 aliphatic rings. The average molecular weight is 410 g/mol. The fourth-order valence-corrected chi connectivity index (χ4v) is 3.65. The smallest absolute Gasteiger partial charge is 0.410 e. The van der Waals surface area contributed by atoms with Crippen LogP contribution in [0, 0.1) is 0 Å². The van der Waals surface area contributed by atoms with E-state index in [1.165, 1.54) is 5.56 Å². The van der Waals surface area contributed by atoms with Crippen LogP contribution in [0.1, 0.15) is 37.6 Å². The summed E-state index contributed by atoms with van der Waals surface area (Å²) in [6, 6.07) is 18.0. The molecule has 6 heteroatoms. The van der Waals surface area contributed by atoms with Crippen molar-refractivity contribution in [2.75, 3.05) is 0 Å². The molecular formula is C23H24ClN3O2. The highest BCUT2D eigenvalue weighted by Gasteiger charge is 2.33. The van der Waals surface area contributed by atoms with Crippen LogP contribution in [-0.4, -0.2) is 26.4 Å². The van der Waals surface area contributed by atoms with Gasteiger partial charge in [0.25, 0.3) is 0 Å². The van der Waals surface area contributed by atoms with E-state index in [1.54, 1.807) is 4.90 Å². The van der Waals surface area contributed by atoms with E-state index in [2.05, 4.69) is 12.1 Å². The molecule has 1 amide bonds. The summed E-state index contributed by atoms with van der Waals surface area (Å²) in [6.45, 7) is 7.22. The number of nitrogens with zero attached hydrogens (tertiary/aromatic N) is 3. The maximum absolute atomic E-state index is 12.5. The number of ether oxygens (including phenoxy) is 1. The monoisotopic (exact) mass is 409 g/mol. The second-order valence-corrected chi connectivity index (χ2v) is 8.70. The van der Waals surface area contributed by atoms with Crippen molar-refractivity contribution < 1.29 is 9.53 Å². The van der Waals surface area contributed by atoms with Crippen molar-refractivity contribution in [1.82, 2.24) is 14.7 Å². The first-order chi connectivity index (χ1) is 13.8. The number of carbonyl (C=O) groups excluding carboxylic acids is 1. The van der Waals surface area contributed by atoms with Crippen molar-refractivity contribution in [3.63, 3.8) is 0 Å². The highest BCUT2D eigenvalue weighted by molar-refractivity contribution is 6.30. The van der Waals surface area contributed by atoms with Crippen molar-refractivity contribution in [1.29, 1.82) is 0 Å². The third-order valence-electron chi connectivity index (χ3n) is 4.77. The van der Waals surface area contributed by atoms with Crippen LogP contribution in [0.25, 0.3) is 11.3 Å². The van der Waals surface area contributed by atoms with E-state index >= 15 is 0 Å². The third kappa shape index (κ3) is 4.30. The Bertz CT molecular complexity index is 1020. The average Bonchev–Trinajstić information content (AvgIpc) is 3.20. The Hall–Kier alpha value is -2.79. The van der Waals surface area contributed by atoms with Crippen LogP contribution in [0.15, 0.2) is 54.6 Å².